The van der Waals surface area contributed by atoms with E-state index >= 15 is 0 Å². The normalized spacial score (nSPS) is 14.0. The van der Waals surface area contributed by atoms with Crippen LogP contribution in [0.2, 0.25) is 0 Å². The van der Waals surface area contributed by atoms with Crippen LogP contribution < -0.4 is 5.32 Å². The van der Waals surface area contributed by atoms with Gasteiger partial charge in [-0.05, 0) is 30.5 Å². The molecule has 1 aliphatic rings. The molecule has 1 aromatic carbocycles. The minimum Gasteiger partial charge on any atom is -0.469 e. The monoisotopic (exact) mass is 353 g/mol. The minimum absolute atomic E-state index is 0.111. The van der Waals surface area contributed by atoms with Gasteiger partial charge in [0, 0.05) is 24.7 Å². The van der Waals surface area contributed by atoms with E-state index in [4.69, 9.17) is 4.42 Å². The van der Waals surface area contributed by atoms with Crippen LogP contribution in [0.3, 0.4) is 0 Å². The Morgan fingerprint density at radius 2 is 2.20 bits per heavy atom. The highest BCUT2D eigenvalue weighted by Gasteiger charge is 2.21. The van der Waals surface area contributed by atoms with Gasteiger partial charge >= 0.3 is 6.03 Å². The number of fused-ring (bicyclic) bond motifs is 1. The second-order valence-electron chi connectivity index (χ2n) is 6.17. The second-order valence-corrected chi connectivity index (χ2v) is 7.20. The molecule has 0 saturated carbocycles. The summed E-state index contributed by atoms with van der Waals surface area (Å²) < 4.78 is 5.48. The van der Waals surface area contributed by atoms with E-state index in [-0.39, 0.29) is 6.03 Å². The maximum Gasteiger partial charge on any atom is 0.323 e. The number of aromatic nitrogens is 1. The molecule has 4 rings (SSSR count). The number of furan rings is 1. The third-order valence-corrected chi connectivity index (χ3v) is 5.39. The maximum absolute atomic E-state index is 12.6. The fourth-order valence-electron chi connectivity index (χ4n) is 3.09. The zero-order valence-electron chi connectivity index (χ0n) is 14.0. The second kappa shape index (κ2) is 6.72. The summed E-state index contributed by atoms with van der Waals surface area (Å²) in [6.07, 6.45) is 5.29. The number of anilines is 1. The molecular weight excluding hydrogens is 334 g/mol. The number of amides is 2. The van der Waals surface area contributed by atoms with Gasteiger partial charge in [-0.1, -0.05) is 35.6 Å². The molecule has 25 heavy (non-hydrogen) atoms. The molecule has 0 atom stereocenters. The summed E-state index contributed by atoms with van der Waals surface area (Å²) in [5, 5.41) is 3.56. The average molecular weight is 353 g/mol. The van der Waals surface area contributed by atoms with E-state index in [1.54, 1.807) is 6.26 Å². The van der Waals surface area contributed by atoms with Crippen molar-refractivity contribution in [2.45, 2.75) is 26.3 Å². The molecule has 1 N–H and O–H groups in total. The first-order valence-corrected chi connectivity index (χ1v) is 9.15. The number of carbonyl (C=O) groups excluding carboxylic acids is 1. The topological polar surface area (TPSA) is 58.4 Å². The zero-order valence-corrected chi connectivity index (χ0v) is 14.8. The summed E-state index contributed by atoms with van der Waals surface area (Å²) in [7, 11) is 0. The summed E-state index contributed by atoms with van der Waals surface area (Å²) in [6, 6.07) is 10.0. The Labute approximate surface area is 150 Å². The predicted octanol–water partition coefficient (Wildman–Crippen LogP) is 4.69. The molecular formula is C19H19N3O2S. The first-order valence-electron chi connectivity index (χ1n) is 8.34. The van der Waals surface area contributed by atoms with Gasteiger partial charge in [0.1, 0.15) is 5.76 Å². The van der Waals surface area contributed by atoms with Crippen LogP contribution in [0.4, 0.5) is 9.93 Å². The fourth-order valence-corrected chi connectivity index (χ4v) is 3.99. The van der Waals surface area contributed by atoms with Gasteiger partial charge in [0.25, 0.3) is 0 Å². The smallest absolute Gasteiger partial charge is 0.323 e. The lowest BCUT2D eigenvalue weighted by atomic mass is 10.1. The Morgan fingerprint density at radius 1 is 1.32 bits per heavy atom. The minimum atomic E-state index is -0.111. The van der Waals surface area contributed by atoms with Gasteiger partial charge in [0.2, 0.25) is 0 Å². The molecule has 5 nitrogen and oxygen atoms in total. The van der Waals surface area contributed by atoms with Crippen LogP contribution in [0.1, 0.15) is 23.3 Å². The summed E-state index contributed by atoms with van der Waals surface area (Å²) in [4.78, 5) is 19.9. The van der Waals surface area contributed by atoms with Gasteiger partial charge in [0.15, 0.2) is 5.13 Å². The van der Waals surface area contributed by atoms with Crippen LogP contribution in [0.5, 0.6) is 0 Å². The Kier molecular flexibility index (Phi) is 4.28. The van der Waals surface area contributed by atoms with Crippen molar-refractivity contribution < 1.29 is 9.21 Å². The van der Waals surface area contributed by atoms with Crippen molar-refractivity contribution in [3.05, 3.63) is 59.7 Å². The summed E-state index contributed by atoms with van der Waals surface area (Å²) >= 11 is 1.50. The van der Waals surface area contributed by atoms with Crippen molar-refractivity contribution in [2.24, 2.45) is 0 Å². The van der Waals surface area contributed by atoms with Gasteiger partial charge < -0.3 is 9.32 Å². The Balaban J connectivity index is 1.48. The standard InChI is InChI=1S/C19H19N3O2S/c1-13-5-2-3-6-15(13)17-11-20-18(25-17)21-19(23)22-9-4-7-16-14(12-22)8-10-24-16/h2-3,5-6,8,10-11H,4,7,9,12H2,1H3,(H,20,21,23). The highest BCUT2D eigenvalue weighted by molar-refractivity contribution is 7.19. The number of hydrogen-bond acceptors (Lipinski definition) is 4. The summed E-state index contributed by atoms with van der Waals surface area (Å²) in [5.41, 5.74) is 3.44. The molecule has 0 unspecified atom stereocenters. The number of rotatable bonds is 2. The van der Waals surface area contributed by atoms with Crippen LogP contribution in [-0.4, -0.2) is 22.5 Å². The lowest BCUT2D eigenvalue weighted by Gasteiger charge is -2.19. The number of nitrogens with one attached hydrogen (secondary N) is 1. The molecule has 6 heteroatoms. The van der Waals surface area contributed by atoms with Gasteiger partial charge in [-0.2, -0.15) is 0 Å². The molecule has 0 saturated heterocycles. The van der Waals surface area contributed by atoms with E-state index in [0.717, 1.165) is 34.6 Å². The van der Waals surface area contributed by atoms with Gasteiger partial charge in [-0.3, -0.25) is 5.32 Å². The lowest BCUT2D eigenvalue weighted by molar-refractivity contribution is 0.210. The third kappa shape index (κ3) is 3.30. The summed E-state index contributed by atoms with van der Waals surface area (Å²) in [5.74, 6) is 0.992. The van der Waals surface area contributed by atoms with Crippen LogP contribution in [0.15, 0.2) is 47.2 Å². The van der Waals surface area contributed by atoms with Crippen molar-refractivity contribution in [3.8, 4) is 10.4 Å². The van der Waals surface area contributed by atoms with Crippen molar-refractivity contribution >= 4 is 22.5 Å². The van der Waals surface area contributed by atoms with E-state index in [2.05, 4.69) is 29.4 Å². The highest BCUT2D eigenvalue weighted by atomic mass is 32.1. The Hall–Kier alpha value is -2.60. The van der Waals surface area contributed by atoms with Crippen molar-refractivity contribution in [1.29, 1.82) is 0 Å². The molecule has 1 aliphatic heterocycles. The Bertz CT molecular complexity index is 899. The average Bonchev–Trinajstić information content (AvgIpc) is 3.20. The van der Waals surface area contributed by atoms with E-state index < -0.39 is 0 Å². The number of urea groups is 1. The lowest BCUT2D eigenvalue weighted by Crippen LogP contribution is -2.34. The Morgan fingerprint density at radius 3 is 3.08 bits per heavy atom. The number of carbonyl (C=O) groups is 1. The van der Waals surface area contributed by atoms with Crippen molar-refractivity contribution in [3.63, 3.8) is 0 Å². The quantitative estimate of drug-likeness (QED) is 0.727. The van der Waals surface area contributed by atoms with Crippen molar-refractivity contribution in [2.75, 3.05) is 11.9 Å². The molecule has 128 valence electrons. The van der Waals surface area contributed by atoms with E-state index in [0.29, 0.717) is 18.2 Å². The molecule has 0 fully saturated rings. The highest BCUT2D eigenvalue weighted by Crippen LogP contribution is 2.31. The molecule has 3 heterocycles. The molecule has 0 radical (unpaired) electrons. The summed E-state index contributed by atoms with van der Waals surface area (Å²) in [6.45, 7) is 3.37. The molecule has 0 spiro atoms. The number of nitrogens with zero attached hydrogens (tertiary/aromatic N) is 2. The maximum atomic E-state index is 12.6. The molecule has 0 aliphatic carbocycles. The van der Waals surface area contributed by atoms with E-state index in [1.807, 2.05) is 29.3 Å². The predicted molar refractivity (Wildman–Crippen MR) is 98.7 cm³/mol. The third-order valence-electron chi connectivity index (χ3n) is 4.45. The zero-order chi connectivity index (χ0) is 17.2. The molecule has 3 aromatic rings. The molecule has 2 aromatic heterocycles. The van der Waals surface area contributed by atoms with Gasteiger partial charge in [-0.25, -0.2) is 9.78 Å². The number of aryl methyl sites for hydroxylation is 2. The van der Waals surface area contributed by atoms with E-state index in [9.17, 15) is 4.79 Å². The molecule has 2 amide bonds. The number of thiazole rings is 1. The van der Waals surface area contributed by atoms with Crippen molar-refractivity contribution in [1.82, 2.24) is 9.88 Å². The largest absolute Gasteiger partial charge is 0.469 e. The number of hydrogen-bond donors (Lipinski definition) is 1. The fraction of sp³-hybridized carbons (Fsp3) is 0.263. The van der Waals surface area contributed by atoms with Crippen LogP contribution in [0.25, 0.3) is 10.4 Å². The van der Waals surface area contributed by atoms with E-state index in [1.165, 1.54) is 16.9 Å². The first-order chi connectivity index (χ1) is 12.2. The van der Waals surface area contributed by atoms with Crippen LogP contribution >= 0.6 is 11.3 Å². The SMILES string of the molecule is Cc1ccccc1-c1cnc(NC(=O)N2CCCc3occc3C2)s1. The number of benzene rings is 1. The molecule has 0 bridgehead atoms. The first kappa shape index (κ1) is 15.9. The van der Waals surface area contributed by atoms with Gasteiger partial charge in [-0.15, -0.1) is 0 Å². The van der Waals surface area contributed by atoms with Crippen LogP contribution in [0, 0.1) is 6.92 Å². The van der Waals surface area contributed by atoms with Crippen LogP contribution in [-0.2, 0) is 13.0 Å². The van der Waals surface area contributed by atoms with Gasteiger partial charge in [0.05, 0.1) is 17.7 Å².